The number of aryl methyl sites for hydroxylation is 1. The Morgan fingerprint density at radius 3 is 2.81 bits per heavy atom. The van der Waals surface area contributed by atoms with Crippen LogP contribution in [0.4, 0.5) is 0 Å². The maximum Gasteiger partial charge on any atom is 0.362 e. The van der Waals surface area contributed by atoms with Crippen LogP contribution in [0.3, 0.4) is 0 Å². The maximum absolute atomic E-state index is 11.4. The molecule has 0 bridgehead atoms. The van der Waals surface area contributed by atoms with Gasteiger partial charge in [-0.3, -0.25) is 4.68 Å². The summed E-state index contributed by atoms with van der Waals surface area (Å²) in [5, 5.41) is 12.3. The van der Waals surface area contributed by atoms with Crippen LogP contribution in [-0.4, -0.2) is 40.0 Å². The molecule has 0 fully saturated rings. The number of hydrogen-bond donors (Lipinski definition) is 1. The molecule has 1 rings (SSSR count). The molecule has 0 unspecified atom stereocenters. The summed E-state index contributed by atoms with van der Waals surface area (Å²) < 4.78 is 11.0. The molecule has 0 amide bonds. The van der Waals surface area contributed by atoms with Crippen LogP contribution in [0.15, 0.2) is 6.20 Å². The van der Waals surface area contributed by atoms with E-state index in [-0.39, 0.29) is 18.1 Å². The minimum atomic E-state index is -1.13. The number of rotatable bonds is 5. The minimum Gasteiger partial charge on any atom is -0.479 e. The van der Waals surface area contributed by atoms with Crippen molar-refractivity contribution < 1.29 is 24.2 Å². The lowest BCUT2D eigenvalue weighted by Gasteiger charge is -2.02. The summed E-state index contributed by atoms with van der Waals surface area (Å²) in [6.07, 6.45) is 1.41. The fourth-order valence-electron chi connectivity index (χ4n) is 1.05. The summed E-state index contributed by atoms with van der Waals surface area (Å²) in [5.41, 5.74) is -0.0226. The monoisotopic (exact) mass is 228 g/mol. The zero-order valence-corrected chi connectivity index (χ0v) is 8.97. The van der Waals surface area contributed by atoms with Gasteiger partial charge >= 0.3 is 11.9 Å². The van der Waals surface area contributed by atoms with Crippen molar-refractivity contribution in [2.45, 2.75) is 6.92 Å². The predicted molar refractivity (Wildman–Crippen MR) is 52.3 cm³/mol. The van der Waals surface area contributed by atoms with E-state index < -0.39 is 18.5 Å². The van der Waals surface area contributed by atoms with Gasteiger partial charge in [0.2, 0.25) is 5.69 Å². The summed E-state index contributed by atoms with van der Waals surface area (Å²) in [6.45, 7) is 1.35. The molecule has 16 heavy (non-hydrogen) atoms. The van der Waals surface area contributed by atoms with E-state index in [0.29, 0.717) is 0 Å². The van der Waals surface area contributed by atoms with E-state index in [1.54, 1.807) is 14.0 Å². The number of carbonyl (C=O) groups excluding carboxylic acids is 1. The molecule has 0 saturated heterocycles. The summed E-state index contributed by atoms with van der Waals surface area (Å²) >= 11 is 0. The molecule has 0 radical (unpaired) electrons. The largest absolute Gasteiger partial charge is 0.479 e. The highest BCUT2D eigenvalue weighted by molar-refractivity contribution is 5.90. The number of aliphatic carboxylic acids is 1. The lowest BCUT2D eigenvalue weighted by molar-refractivity contribution is -0.139. The second kappa shape index (κ2) is 5.15. The number of esters is 1. The predicted octanol–water partition coefficient (Wildman–Crippen LogP) is 0.0602. The lowest BCUT2D eigenvalue weighted by Crippen LogP contribution is -2.12. The van der Waals surface area contributed by atoms with E-state index in [2.05, 4.69) is 5.10 Å². The Hall–Kier alpha value is -2.05. The number of aromatic nitrogens is 2. The first-order valence-electron chi connectivity index (χ1n) is 4.60. The summed E-state index contributed by atoms with van der Waals surface area (Å²) in [6, 6.07) is 0. The molecule has 0 saturated carbocycles. The Labute approximate surface area is 91.6 Å². The highest BCUT2D eigenvalue weighted by Crippen LogP contribution is 2.17. The van der Waals surface area contributed by atoms with E-state index in [9.17, 15) is 9.59 Å². The molecule has 1 N–H and O–H groups in total. The molecule has 0 aromatic carbocycles. The smallest absolute Gasteiger partial charge is 0.362 e. The molecule has 7 nitrogen and oxygen atoms in total. The van der Waals surface area contributed by atoms with Crippen molar-refractivity contribution in [2.75, 3.05) is 13.2 Å². The standard InChI is InChI=1S/C9H12N2O5/c1-3-15-9(14)8-6(4-11(2)10-8)16-5-7(12)13/h4H,3,5H2,1-2H3,(H,12,13). The number of carboxylic acid groups (broad SMARTS) is 1. The Bertz CT molecular complexity index is 399. The summed E-state index contributed by atoms with van der Waals surface area (Å²) in [5.74, 6) is -1.66. The molecule has 0 aliphatic heterocycles. The Kier molecular flexibility index (Phi) is 3.87. The van der Waals surface area contributed by atoms with Crippen LogP contribution in [0.25, 0.3) is 0 Å². The van der Waals surface area contributed by atoms with E-state index >= 15 is 0 Å². The number of nitrogens with zero attached hydrogens (tertiary/aromatic N) is 2. The average Bonchev–Trinajstić information content (AvgIpc) is 2.57. The van der Waals surface area contributed by atoms with Gasteiger partial charge in [-0.1, -0.05) is 0 Å². The van der Waals surface area contributed by atoms with Gasteiger partial charge in [-0.15, -0.1) is 0 Å². The van der Waals surface area contributed by atoms with Gasteiger partial charge in [0.15, 0.2) is 12.4 Å². The van der Waals surface area contributed by atoms with Crippen LogP contribution in [0.5, 0.6) is 5.75 Å². The van der Waals surface area contributed by atoms with Crippen molar-refractivity contribution in [1.82, 2.24) is 9.78 Å². The molecule has 1 aromatic heterocycles. The van der Waals surface area contributed by atoms with Gasteiger partial charge in [0.05, 0.1) is 12.8 Å². The zero-order valence-electron chi connectivity index (χ0n) is 8.97. The van der Waals surface area contributed by atoms with Crippen LogP contribution >= 0.6 is 0 Å². The average molecular weight is 228 g/mol. The van der Waals surface area contributed by atoms with Crippen molar-refractivity contribution in [3.63, 3.8) is 0 Å². The number of hydrogen-bond acceptors (Lipinski definition) is 5. The van der Waals surface area contributed by atoms with Gasteiger partial charge in [-0.05, 0) is 6.92 Å². The number of carboxylic acids is 1. The van der Waals surface area contributed by atoms with Crippen molar-refractivity contribution >= 4 is 11.9 Å². The van der Waals surface area contributed by atoms with E-state index in [4.69, 9.17) is 14.6 Å². The third-order valence-electron chi connectivity index (χ3n) is 1.62. The minimum absolute atomic E-state index is 0.0226. The molecule has 7 heteroatoms. The zero-order chi connectivity index (χ0) is 12.1. The van der Waals surface area contributed by atoms with E-state index in [0.717, 1.165) is 0 Å². The van der Waals surface area contributed by atoms with Crippen LogP contribution < -0.4 is 4.74 Å². The van der Waals surface area contributed by atoms with Crippen molar-refractivity contribution in [2.24, 2.45) is 7.05 Å². The Morgan fingerprint density at radius 1 is 1.56 bits per heavy atom. The van der Waals surface area contributed by atoms with Crippen LogP contribution in [0, 0.1) is 0 Å². The Morgan fingerprint density at radius 2 is 2.25 bits per heavy atom. The molecular formula is C9H12N2O5. The molecule has 1 aromatic rings. The molecule has 0 spiro atoms. The highest BCUT2D eigenvalue weighted by atomic mass is 16.5. The highest BCUT2D eigenvalue weighted by Gasteiger charge is 2.19. The van der Waals surface area contributed by atoms with Gasteiger partial charge < -0.3 is 14.6 Å². The molecule has 1 heterocycles. The normalized spacial score (nSPS) is 9.88. The number of carbonyl (C=O) groups is 2. The third-order valence-corrected chi connectivity index (χ3v) is 1.62. The van der Waals surface area contributed by atoms with Crippen molar-refractivity contribution in [3.8, 4) is 5.75 Å². The van der Waals surface area contributed by atoms with Gasteiger partial charge in [0.1, 0.15) is 0 Å². The van der Waals surface area contributed by atoms with Crippen molar-refractivity contribution in [1.29, 1.82) is 0 Å². The SMILES string of the molecule is CCOC(=O)c1nn(C)cc1OCC(=O)O. The van der Waals surface area contributed by atoms with Gasteiger partial charge in [-0.25, -0.2) is 9.59 Å². The second-order valence-corrected chi connectivity index (χ2v) is 2.92. The first-order valence-corrected chi connectivity index (χ1v) is 4.60. The molecule has 0 aliphatic rings. The number of ether oxygens (including phenoxy) is 2. The fraction of sp³-hybridized carbons (Fsp3) is 0.444. The third kappa shape index (κ3) is 2.97. The second-order valence-electron chi connectivity index (χ2n) is 2.92. The van der Waals surface area contributed by atoms with Gasteiger partial charge in [0.25, 0.3) is 0 Å². The quantitative estimate of drug-likeness (QED) is 0.716. The summed E-state index contributed by atoms with van der Waals surface area (Å²) in [4.78, 5) is 21.7. The topological polar surface area (TPSA) is 90.6 Å². The fourth-order valence-corrected chi connectivity index (χ4v) is 1.05. The van der Waals surface area contributed by atoms with E-state index in [1.807, 2.05) is 0 Å². The first-order chi connectivity index (χ1) is 7.54. The van der Waals surface area contributed by atoms with Crippen LogP contribution in [0.2, 0.25) is 0 Å². The van der Waals surface area contributed by atoms with Crippen molar-refractivity contribution in [3.05, 3.63) is 11.9 Å². The van der Waals surface area contributed by atoms with E-state index in [1.165, 1.54) is 10.9 Å². The van der Waals surface area contributed by atoms with Gasteiger partial charge in [-0.2, -0.15) is 5.10 Å². The molecule has 0 aliphatic carbocycles. The first kappa shape index (κ1) is 12.0. The molecule has 0 atom stereocenters. The molecule has 88 valence electrons. The lowest BCUT2D eigenvalue weighted by atomic mass is 10.4. The van der Waals surface area contributed by atoms with Gasteiger partial charge in [0, 0.05) is 7.05 Å². The van der Waals surface area contributed by atoms with Crippen LogP contribution in [0.1, 0.15) is 17.4 Å². The maximum atomic E-state index is 11.4. The Balaban J connectivity index is 2.82. The molecular weight excluding hydrogens is 216 g/mol. The van der Waals surface area contributed by atoms with Crippen LogP contribution in [-0.2, 0) is 16.6 Å². The summed E-state index contributed by atoms with van der Waals surface area (Å²) in [7, 11) is 1.59.